The molecule has 0 radical (unpaired) electrons. The molecular formula is C20H29N3O. The van der Waals surface area contributed by atoms with Crippen molar-refractivity contribution in [1.29, 1.82) is 0 Å². The van der Waals surface area contributed by atoms with Crippen molar-refractivity contribution in [3.05, 3.63) is 35.5 Å². The van der Waals surface area contributed by atoms with E-state index in [1.807, 2.05) is 0 Å². The van der Waals surface area contributed by atoms with Gasteiger partial charge in [-0.3, -0.25) is 0 Å². The van der Waals surface area contributed by atoms with Crippen molar-refractivity contribution >= 4 is 10.9 Å². The minimum Gasteiger partial charge on any atom is -0.379 e. The van der Waals surface area contributed by atoms with E-state index in [-0.39, 0.29) is 0 Å². The Kier molecular flexibility index (Phi) is 4.88. The van der Waals surface area contributed by atoms with Gasteiger partial charge in [-0.05, 0) is 55.8 Å². The summed E-state index contributed by atoms with van der Waals surface area (Å²) >= 11 is 0. The molecular weight excluding hydrogens is 298 g/mol. The third-order valence-corrected chi connectivity index (χ3v) is 5.83. The van der Waals surface area contributed by atoms with Gasteiger partial charge in [-0.25, -0.2) is 0 Å². The van der Waals surface area contributed by atoms with Crippen molar-refractivity contribution < 1.29 is 4.74 Å². The molecule has 1 saturated heterocycles. The molecule has 2 heterocycles. The molecule has 1 aliphatic carbocycles. The number of H-pyrrole nitrogens is 1. The van der Waals surface area contributed by atoms with Gasteiger partial charge >= 0.3 is 0 Å². The van der Waals surface area contributed by atoms with E-state index < -0.39 is 0 Å². The Morgan fingerprint density at radius 2 is 2.25 bits per heavy atom. The van der Waals surface area contributed by atoms with Crippen LogP contribution in [0.2, 0.25) is 0 Å². The number of benzene rings is 1. The predicted molar refractivity (Wildman–Crippen MR) is 98.5 cm³/mol. The first-order valence-corrected chi connectivity index (χ1v) is 9.43. The fraction of sp³-hybridized carbons (Fsp3) is 0.600. The van der Waals surface area contributed by atoms with Crippen LogP contribution in [-0.2, 0) is 11.2 Å². The molecule has 0 spiro atoms. The molecule has 1 saturated carbocycles. The molecule has 24 heavy (non-hydrogen) atoms. The number of ether oxygens (including phenoxy) is 1. The number of hydrogen-bond donors (Lipinski definition) is 3. The first-order valence-electron chi connectivity index (χ1n) is 9.43. The zero-order valence-electron chi connectivity index (χ0n) is 14.6. The van der Waals surface area contributed by atoms with Crippen molar-refractivity contribution in [3.8, 4) is 0 Å². The molecule has 4 rings (SSSR count). The molecule has 2 aliphatic rings. The minimum absolute atomic E-state index is 0.536. The fourth-order valence-electron chi connectivity index (χ4n) is 4.63. The number of aromatic amines is 1. The molecule has 1 aromatic carbocycles. The van der Waals surface area contributed by atoms with Crippen LogP contribution in [0.25, 0.3) is 10.9 Å². The molecule has 2 fully saturated rings. The van der Waals surface area contributed by atoms with Crippen LogP contribution >= 0.6 is 0 Å². The van der Waals surface area contributed by atoms with E-state index in [0.29, 0.717) is 12.1 Å². The van der Waals surface area contributed by atoms with Gasteiger partial charge in [0.1, 0.15) is 0 Å². The molecule has 0 bridgehead atoms. The average molecular weight is 327 g/mol. The molecule has 2 aromatic rings. The Bertz CT molecular complexity index is 675. The van der Waals surface area contributed by atoms with Crippen LogP contribution in [0.3, 0.4) is 0 Å². The molecule has 3 unspecified atom stereocenters. The average Bonchev–Trinajstić information content (AvgIpc) is 3.24. The molecule has 4 heteroatoms. The summed E-state index contributed by atoms with van der Waals surface area (Å²) in [5.74, 6) is 0.718. The summed E-state index contributed by atoms with van der Waals surface area (Å²) in [5.41, 5.74) is 4.06. The highest BCUT2D eigenvalue weighted by Crippen LogP contribution is 2.29. The quantitative estimate of drug-likeness (QED) is 0.791. The Hall–Kier alpha value is -1.36. The summed E-state index contributed by atoms with van der Waals surface area (Å²) in [6.07, 6.45) is 7.23. The maximum atomic E-state index is 5.67. The molecule has 130 valence electrons. The van der Waals surface area contributed by atoms with Crippen LogP contribution in [0.1, 0.15) is 30.4 Å². The van der Waals surface area contributed by atoms with Crippen molar-refractivity contribution in [2.24, 2.45) is 5.92 Å². The largest absolute Gasteiger partial charge is 0.379 e. The van der Waals surface area contributed by atoms with Gasteiger partial charge < -0.3 is 20.4 Å². The molecule has 3 atom stereocenters. The number of aryl methyl sites for hydroxylation is 1. The molecule has 0 amide bonds. The lowest BCUT2D eigenvalue weighted by Gasteiger charge is -2.33. The van der Waals surface area contributed by atoms with Crippen LogP contribution in [-0.4, -0.2) is 43.4 Å². The Labute approximate surface area is 144 Å². The second-order valence-corrected chi connectivity index (χ2v) is 7.35. The number of fused-ring (bicyclic) bond motifs is 1. The van der Waals surface area contributed by atoms with Gasteiger partial charge in [-0.1, -0.05) is 18.6 Å². The summed E-state index contributed by atoms with van der Waals surface area (Å²) in [5, 5.41) is 8.91. The Balaban J connectivity index is 1.36. The van der Waals surface area contributed by atoms with Crippen LogP contribution in [0, 0.1) is 12.8 Å². The summed E-state index contributed by atoms with van der Waals surface area (Å²) in [7, 11) is 0. The number of aromatic nitrogens is 1. The first-order chi connectivity index (χ1) is 11.8. The zero-order valence-corrected chi connectivity index (χ0v) is 14.6. The highest BCUT2D eigenvalue weighted by molar-refractivity contribution is 5.86. The van der Waals surface area contributed by atoms with Crippen LogP contribution < -0.4 is 10.6 Å². The normalized spacial score (nSPS) is 27.8. The molecule has 1 aromatic heterocycles. The lowest BCUT2D eigenvalue weighted by atomic mass is 9.94. The molecule has 1 aliphatic heterocycles. The van der Waals surface area contributed by atoms with E-state index in [4.69, 9.17) is 4.74 Å². The van der Waals surface area contributed by atoms with Gasteiger partial charge in [0.05, 0.1) is 13.2 Å². The second-order valence-electron chi connectivity index (χ2n) is 7.35. The number of nitrogens with one attached hydrogen (secondary N) is 3. The van der Waals surface area contributed by atoms with Crippen molar-refractivity contribution in [3.63, 3.8) is 0 Å². The van der Waals surface area contributed by atoms with Gasteiger partial charge in [0.2, 0.25) is 0 Å². The van der Waals surface area contributed by atoms with E-state index in [9.17, 15) is 0 Å². The Morgan fingerprint density at radius 1 is 1.29 bits per heavy atom. The first kappa shape index (κ1) is 16.1. The van der Waals surface area contributed by atoms with E-state index in [0.717, 1.165) is 38.6 Å². The second kappa shape index (κ2) is 7.26. The van der Waals surface area contributed by atoms with Crippen LogP contribution in [0.5, 0.6) is 0 Å². The van der Waals surface area contributed by atoms with Gasteiger partial charge in [0, 0.05) is 35.7 Å². The van der Waals surface area contributed by atoms with Crippen LogP contribution in [0.15, 0.2) is 24.4 Å². The standard InChI is InChI=1S/C20H29N3O/c1-14-4-2-7-18-20(14)15(12-23-18)8-9-21-17-6-3-5-16(17)19-13-24-11-10-22-19/h2,4,7,12,16-17,19,21-23H,3,5-6,8-11,13H2,1H3. The zero-order chi connectivity index (χ0) is 16.4. The third-order valence-electron chi connectivity index (χ3n) is 5.83. The third kappa shape index (κ3) is 3.23. The lowest BCUT2D eigenvalue weighted by molar-refractivity contribution is 0.0526. The topological polar surface area (TPSA) is 49.1 Å². The van der Waals surface area contributed by atoms with Crippen molar-refractivity contribution in [1.82, 2.24) is 15.6 Å². The van der Waals surface area contributed by atoms with Gasteiger partial charge in [0.25, 0.3) is 0 Å². The number of rotatable bonds is 5. The minimum atomic E-state index is 0.536. The predicted octanol–water partition coefficient (Wildman–Crippen LogP) is 2.77. The van der Waals surface area contributed by atoms with Gasteiger partial charge in [0.15, 0.2) is 0 Å². The summed E-state index contributed by atoms with van der Waals surface area (Å²) in [6, 6.07) is 7.67. The van der Waals surface area contributed by atoms with E-state index in [2.05, 4.69) is 46.9 Å². The number of hydrogen-bond acceptors (Lipinski definition) is 3. The Morgan fingerprint density at radius 3 is 3.12 bits per heavy atom. The maximum absolute atomic E-state index is 5.67. The maximum Gasteiger partial charge on any atom is 0.0623 e. The van der Waals surface area contributed by atoms with E-state index in [1.165, 1.54) is 41.3 Å². The van der Waals surface area contributed by atoms with E-state index in [1.54, 1.807) is 0 Å². The van der Waals surface area contributed by atoms with Crippen molar-refractivity contribution in [2.45, 2.75) is 44.7 Å². The molecule has 4 nitrogen and oxygen atoms in total. The summed E-state index contributed by atoms with van der Waals surface area (Å²) < 4.78 is 5.67. The fourth-order valence-corrected chi connectivity index (χ4v) is 4.63. The van der Waals surface area contributed by atoms with E-state index >= 15 is 0 Å². The summed E-state index contributed by atoms with van der Waals surface area (Å²) in [4.78, 5) is 3.41. The lowest BCUT2D eigenvalue weighted by Crippen LogP contribution is -2.51. The smallest absolute Gasteiger partial charge is 0.0623 e. The number of morpholine rings is 1. The highest BCUT2D eigenvalue weighted by atomic mass is 16.5. The molecule has 3 N–H and O–H groups in total. The van der Waals surface area contributed by atoms with Gasteiger partial charge in [-0.15, -0.1) is 0 Å². The van der Waals surface area contributed by atoms with Gasteiger partial charge in [-0.2, -0.15) is 0 Å². The highest BCUT2D eigenvalue weighted by Gasteiger charge is 2.34. The SMILES string of the molecule is Cc1cccc2[nH]cc(CCNC3CCCC3C3COCCN3)c12. The summed E-state index contributed by atoms with van der Waals surface area (Å²) in [6.45, 7) is 6.00. The van der Waals surface area contributed by atoms with Crippen LogP contribution in [0.4, 0.5) is 0 Å². The monoisotopic (exact) mass is 327 g/mol. The van der Waals surface area contributed by atoms with Crippen molar-refractivity contribution in [2.75, 3.05) is 26.3 Å².